The van der Waals surface area contributed by atoms with Crippen molar-refractivity contribution in [3.63, 3.8) is 0 Å². The molecule has 1 aliphatic rings. The molecule has 0 aromatic rings. The van der Waals surface area contributed by atoms with E-state index >= 15 is 0 Å². The molecule has 1 N–H and O–H groups in total. The van der Waals surface area contributed by atoms with Gasteiger partial charge in [0.1, 0.15) is 0 Å². The lowest BCUT2D eigenvalue weighted by Crippen LogP contribution is -2.44. The van der Waals surface area contributed by atoms with Crippen LogP contribution in [0.3, 0.4) is 0 Å². The quantitative estimate of drug-likeness (QED) is 0.707. The maximum absolute atomic E-state index is 12.5. The van der Waals surface area contributed by atoms with Crippen molar-refractivity contribution in [3.8, 4) is 0 Å². The molecule has 0 spiro atoms. The zero-order chi connectivity index (χ0) is 13.8. The summed E-state index contributed by atoms with van der Waals surface area (Å²) in [4.78, 5) is 14.5. The molecule has 1 rings (SSSR count). The number of rotatable bonds is 7. The smallest absolute Gasteiger partial charge is 0.244 e. The molecule has 3 atom stereocenters. The van der Waals surface area contributed by atoms with Crippen molar-refractivity contribution in [2.45, 2.75) is 90.9 Å². The Bertz CT molecular complexity index is 280. The lowest BCUT2D eigenvalue weighted by molar-refractivity contribution is -0.134. The number of hydrogen-bond acceptors (Lipinski definition) is 2. The van der Waals surface area contributed by atoms with Gasteiger partial charge in [-0.1, -0.05) is 39.5 Å². The second-order valence-electron chi connectivity index (χ2n) is 5.92. The molecule has 0 radical (unpaired) electrons. The maximum Gasteiger partial charge on any atom is 0.244 e. The molecule has 1 saturated heterocycles. The second-order valence-corrected chi connectivity index (χ2v) is 5.92. The SMILES string of the molecule is CCCCCCC(C)N1C(=O)C(C)(CC)NC1C. The molecule has 3 unspecified atom stereocenters. The third-order valence-corrected chi connectivity index (χ3v) is 4.31. The molecule has 0 saturated carbocycles. The maximum atomic E-state index is 12.5. The van der Waals surface area contributed by atoms with Crippen LogP contribution in [-0.4, -0.2) is 28.6 Å². The van der Waals surface area contributed by atoms with Gasteiger partial charge in [-0.15, -0.1) is 0 Å². The molecule has 3 heteroatoms. The highest BCUT2D eigenvalue weighted by molar-refractivity contribution is 5.88. The summed E-state index contributed by atoms with van der Waals surface area (Å²) in [6.45, 7) is 10.6. The first-order valence-electron chi connectivity index (χ1n) is 7.56. The van der Waals surface area contributed by atoms with Gasteiger partial charge in [0.15, 0.2) is 0 Å². The number of unbranched alkanes of at least 4 members (excludes halogenated alkanes) is 3. The van der Waals surface area contributed by atoms with Gasteiger partial charge in [-0.25, -0.2) is 0 Å². The number of carbonyl (C=O) groups is 1. The summed E-state index contributed by atoms with van der Waals surface area (Å²) >= 11 is 0. The van der Waals surface area contributed by atoms with Gasteiger partial charge < -0.3 is 4.90 Å². The van der Waals surface area contributed by atoms with E-state index in [4.69, 9.17) is 0 Å². The van der Waals surface area contributed by atoms with Crippen molar-refractivity contribution >= 4 is 5.91 Å². The fraction of sp³-hybridized carbons (Fsp3) is 0.933. The number of nitrogens with zero attached hydrogens (tertiary/aromatic N) is 1. The predicted molar refractivity (Wildman–Crippen MR) is 76.4 cm³/mol. The van der Waals surface area contributed by atoms with Crippen LogP contribution in [0.25, 0.3) is 0 Å². The Labute approximate surface area is 112 Å². The predicted octanol–water partition coefficient (Wildman–Crippen LogP) is 3.29. The van der Waals surface area contributed by atoms with Crippen LogP contribution in [0.4, 0.5) is 0 Å². The molecule has 1 aliphatic heterocycles. The Hall–Kier alpha value is -0.570. The largest absolute Gasteiger partial charge is 0.323 e. The van der Waals surface area contributed by atoms with Crippen LogP contribution in [0.1, 0.15) is 73.1 Å². The van der Waals surface area contributed by atoms with E-state index in [1.807, 2.05) is 6.92 Å². The number of carbonyl (C=O) groups excluding carboxylic acids is 1. The van der Waals surface area contributed by atoms with Gasteiger partial charge in [-0.05, 0) is 33.6 Å². The lowest BCUT2D eigenvalue weighted by Gasteiger charge is -2.28. The zero-order valence-electron chi connectivity index (χ0n) is 12.8. The molecule has 0 aromatic carbocycles. The monoisotopic (exact) mass is 254 g/mol. The topological polar surface area (TPSA) is 32.3 Å². The van der Waals surface area contributed by atoms with Crippen LogP contribution in [0.2, 0.25) is 0 Å². The number of hydrogen-bond donors (Lipinski definition) is 1. The minimum absolute atomic E-state index is 0.170. The first kappa shape index (κ1) is 15.5. The van der Waals surface area contributed by atoms with Gasteiger partial charge in [-0.2, -0.15) is 0 Å². The molecular weight excluding hydrogens is 224 g/mol. The summed E-state index contributed by atoms with van der Waals surface area (Å²) in [5.41, 5.74) is -0.350. The third-order valence-electron chi connectivity index (χ3n) is 4.31. The van der Waals surface area contributed by atoms with Gasteiger partial charge in [0, 0.05) is 6.04 Å². The molecule has 0 aromatic heterocycles. The van der Waals surface area contributed by atoms with Crippen LogP contribution in [0, 0.1) is 0 Å². The van der Waals surface area contributed by atoms with Gasteiger partial charge >= 0.3 is 0 Å². The highest BCUT2D eigenvalue weighted by Crippen LogP contribution is 2.26. The molecular formula is C15H30N2O. The first-order valence-corrected chi connectivity index (χ1v) is 7.56. The second kappa shape index (κ2) is 6.55. The van der Waals surface area contributed by atoms with Crippen molar-refractivity contribution < 1.29 is 4.79 Å². The summed E-state index contributed by atoms with van der Waals surface area (Å²) < 4.78 is 0. The minimum Gasteiger partial charge on any atom is -0.323 e. The summed E-state index contributed by atoms with van der Waals surface area (Å²) in [7, 11) is 0. The van der Waals surface area contributed by atoms with Crippen LogP contribution in [-0.2, 0) is 4.79 Å². The molecule has 0 bridgehead atoms. The molecule has 1 heterocycles. The average molecular weight is 254 g/mol. The fourth-order valence-electron chi connectivity index (χ4n) is 2.89. The molecule has 1 amide bonds. The summed E-state index contributed by atoms with van der Waals surface area (Å²) in [6, 6.07) is 0.352. The molecule has 18 heavy (non-hydrogen) atoms. The molecule has 3 nitrogen and oxygen atoms in total. The zero-order valence-corrected chi connectivity index (χ0v) is 12.8. The number of nitrogens with one attached hydrogen (secondary N) is 1. The van der Waals surface area contributed by atoms with Crippen LogP contribution < -0.4 is 5.32 Å². The van der Waals surface area contributed by atoms with Crippen molar-refractivity contribution in [3.05, 3.63) is 0 Å². The summed E-state index contributed by atoms with van der Waals surface area (Å²) in [5.74, 6) is 0.278. The van der Waals surface area contributed by atoms with Crippen LogP contribution in [0.15, 0.2) is 0 Å². The van der Waals surface area contributed by atoms with E-state index in [-0.39, 0.29) is 17.6 Å². The van der Waals surface area contributed by atoms with Gasteiger partial charge in [0.05, 0.1) is 11.7 Å². The fourth-order valence-corrected chi connectivity index (χ4v) is 2.89. The highest BCUT2D eigenvalue weighted by Gasteiger charge is 2.46. The van der Waals surface area contributed by atoms with Crippen molar-refractivity contribution in [2.24, 2.45) is 0 Å². The van der Waals surface area contributed by atoms with Crippen molar-refractivity contribution in [1.82, 2.24) is 10.2 Å². The van der Waals surface area contributed by atoms with Crippen LogP contribution >= 0.6 is 0 Å². The average Bonchev–Trinajstić information content (AvgIpc) is 2.56. The van der Waals surface area contributed by atoms with E-state index in [1.54, 1.807) is 0 Å². The third kappa shape index (κ3) is 3.25. The Morgan fingerprint density at radius 3 is 2.50 bits per heavy atom. The van der Waals surface area contributed by atoms with Crippen molar-refractivity contribution in [2.75, 3.05) is 0 Å². The Kier molecular flexibility index (Phi) is 5.64. The number of amides is 1. The van der Waals surface area contributed by atoms with Gasteiger partial charge in [0.25, 0.3) is 0 Å². The Balaban J connectivity index is 2.52. The molecule has 1 fully saturated rings. The Morgan fingerprint density at radius 2 is 2.00 bits per heavy atom. The van der Waals surface area contributed by atoms with E-state index in [9.17, 15) is 4.79 Å². The van der Waals surface area contributed by atoms with E-state index in [0.717, 1.165) is 12.8 Å². The summed E-state index contributed by atoms with van der Waals surface area (Å²) in [5, 5.41) is 3.44. The van der Waals surface area contributed by atoms with Crippen LogP contribution in [0.5, 0.6) is 0 Å². The first-order chi connectivity index (χ1) is 8.46. The lowest BCUT2D eigenvalue weighted by atomic mass is 9.98. The van der Waals surface area contributed by atoms with E-state index in [0.29, 0.717) is 6.04 Å². The van der Waals surface area contributed by atoms with E-state index in [2.05, 4.69) is 37.9 Å². The highest BCUT2D eigenvalue weighted by atomic mass is 16.2. The summed E-state index contributed by atoms with van der Waals surface area (Å²) in [6.07, 6.45) is 7.24. The standard InChI is InChI=1S/C15H30N2O/c1-6-8-9-10-11-12(3)17-13(4)16-15(5,7-2)14(17)18/h12-13,16H,6-11H2,1-5H3. The normalized spacial score (nSPS) is 29.9. The van der Waals surface area contributed by atoms with E-state index < -0.39 is 0 Å². The van der Waals surface area contributed by atoms with Crippen molar-refractivity contribution in [1.29, 1.82) is 0 Å². The molecule has 0 aliphatic carbocycles. The van der Waals surface area contributed by atoms with E-state index in [1.165, 1.54) is 25.7 Å². The Morgan fingerprint density at radius 1 is 1.33 bits per heavy atom. The molecule has 106 valence electrons. The van der Waals surface area contributed by atoms with Gasteiger partial charge in [0.2, 0.25) is 5.91 Å². The minimum atomic E-state index is -0.350. The van der Waals surface area contributed by atoms with Gasteiger partial charge in [-0.3, -0.25) is 10.1 Å².